The topological polar surface area (TPSA) is 76.3 Å². The molecule has 1 aliphatic rings. The van der Waals surface area contributed by atoms with Gasteiger partial charge in [-0.15, -0.1) is 0 Å². The first-order valence-electron chi connectivity index (χ1n) is 9.82. The lowest BCUT2D eigenvalue weighted by atomic mass is 10.00. The van der Waals surface area contributed by atoms with E-state index in [1.165, 1.54) is 0 Å². The minimum absolute atomic E-state index is 0.101. The molecule has 1 unspecified atom stereocenters. The molecule has 0 N–H and O–H groups in total. The Labute approximate surface area is 171 Å². The Morgan fingerprint density at radius 3 is 2.66 bits per heavy atom. The molecule has 1 fully saturated rings. The van der Waals surface area contributed by atoms with Crippen LogP contribution in [0.25, 0.3) is 11.4 Å². The standard InChI is InChI=1S/C22H25N3O3S/c1-15-6-4-7-18(12-15)21-23-22(28-24-21)19-8-5-11-25(14-19)29(26,27)20-10-9-16(2)17(3)13-20/h4,6-7,9-10,12-13,19H,5,8,11,14H2,1-3H3. The minimum atomic E-state index is -3.55. The maximum absolute atomic E-state index is 13.2. The lowest BCUT2D eigenvalue weighted by Gasteiger charge is -2.30. The zero-order valence-corrected chi connectivity index (χ0v) is 17.7. The van der Waals surface area contributed by atoms with Crippen molar-refractivity contribution in [2.24, 2.45) is 0 Å². The number of piperidine rings is 1. The Bertz CT molecular complexity index is 1140. The van der Waals surface area contributed by atoms with Gasteiger partial charge in [0.2, 0.25) is 21.7 Å². The second-order valence-electron chi connectivity index (χ2n) is 7.77. The van der Waals surface area contributed by atoms with E-state index in [4.69, 9.17) is 4.52 Å². The summed E-state index contributed by atoms with van der Waals surface area (Å²) in [5, 5.41) is 4.12. The molecule has 0 spiro atoms. The van der Waals surface area contributed by atoms with Gasteiger partial charge in [0, 0.05) is 18.7 Å². The van der Waals surface area contributed by atoms with Gasteiger partial charge in [0.25, 0.3) is 0 Å². The third-order valence-electron chi connectivity index (χ3n) is 5.57. The summed E-state index contributed by atoms with van der Waals surface area (Å²) in [6.45, 7) is 6.78. The Kier molecular flexibility index (Phi) is 5.27. The molecule has 0 radical (unpaired) electrons. The van der Waals surface area contributed by atoms with Crippen molar-refractivity contribution in [1.29, 1.82) is 0 Å². The third-order valence-corrected chi connectivity index (χ3v) is 7.43. The fourth-order valence-electron chi connectivity index (χ4n) is 3.69. The van der Waals surface area contributed by atoms with E-state index in [0.29, 0.717) is 29.7 Å². The molecule has 7 heteroatoms. The molecule has 2 heterocycles. The molecule has 6 nitrogen and oxygen atoms in total. The third kappa shape index (κ3) is 3.97. The van der Waals surface area contributed by atoms with Gasteiger partial charge in [-0.05, 0) is 62.9 Å². The molecule has 2 aromatic carbocycles. The molecule has 0 aliphatic carbocycles. The molecule has 152 valence electrons. The van der Waals surface area contributed by atoms with Gasteiger partial charge in [-0.2, -0.15) is 9.29 Å². The summed E-state index contributed by atoms with van der Waals surface area (Å²) < 4.78 is 33.4. The lowest BCUT2D eigenvalue weighted by Crippen LogP contribution is -2.39. The number of hydrogen-bond donors (Lipinski definition) is 0. The SMILES string of the molecule is Cc1cccc(-c2noc(C3CCCN(S(=O)(=O)c4ccc(C)c(C)c4)C3)n2)c1. The predicted octanol–water partition coefficient (Wildman–Crippen LogP) is 4.23. The monoisotopic (exact) mass is 411 g/mol. The molecule has 0 bridgehead atoms. The average Bonchev–Trinajstić information content (AvgIpc) is 3.20. The molecular formula is C22H25N3O3S. The van der Waals surface area contributed by atoms with Crippen LogP contribution in [0.2, 0.25) is 0 Å². The molecule has 0 amide bonds. The molecule has 1 saturated heterocycles. The summed E-state index contributed by atoms with van der Waals surface area (Å²) in [5.74, 6) is 0.940. The van der Waals surface area contributed by atoms with E-state index in [1.807, 2.05) is 51.1 Å². The molecule has 1 aromatic heterocycles. The second kappa shape index (κ2) is 7.72. The molecule has 3 aromatic rings. The van der Waals surface area contributed by atoms with E-state index < -0.39 is 10.0 Å². The number of nitrogens with zero attached hydrogens (tertiary/aromatic N) is 3. The molecule has 0 saturated carbocycles. The fraction of sp³-hybridized carbons (Fsp3) is 0.364. The molecule has 29 heavy (non-hydrogen) atoms. The molecule has 1 aliphatic heterocycles. The van der Waals surface area contributed by atoms with E-state index >= 15 is 0 Å². The second-order valence-corrected chi connectivity index (χ2v) is 9.71. The molecule has 1 atom stereocenters. The van der Waals surface area contributed by atoms with E-state index in [0.717, 1.165) is 35.1 Å². The predicted molar refractivity (Wildman–Crippen MR) is 111 cm³/mol. The van der Waals surface area contributed by atoms with Gasteiger partial charge in [0.1, 0.15) is 0 Å². The van der Waals surface area contributed by atoms with Crippen molar-refractivity contribution in [3.8, 4) is 11.4 Å². The Hall–Kier alpha value is -2.51. The van der Waals surface area contributed by atoms with Crippen LogP contribution in [0.3, 0.4) is 0 Å². The highest BCUT2D eigenvalue weighted by Crippen LogP contribution is 2.31. The first-order valence-corrected chi connectivity index (χ1v) is 11.3. The van der Waals surface area contributed by atoms with Crippen LogP contribution in [0.4, 0.5) is 0 Å². The highest BCUT2D eigenvalue weighted by molar-refractivity contribution is 7.89. The van der Waals surface area contributed by atoms with Crippen molar-refractivity contribution in [3.05, 3.63) is 65.0 Å². The van der Waals surface area contributed by atoms with E-state index in [9.17, 15) is 8.42 Å². The van der Waals surface area contributed by atoms with Gasteiger partial charge in [-0.3, -0.25) is 0 Å². The molecule has 4 rings (SSSR count). The summed E-state index contributed by atoms with van der Waals surface area (Å²) in [5.41, 5.74) is 4.07. The number of sulfonamides is 1. The van der Waals surface area contributed by atoms with Crippen LogP contribution < -0.4 is 0 Å². The zero-order valence-electron chi connectivity index (χ0n) is 16.9. The first kappa shape index (κ1) is 19.8. The van der Waals surface area contributed by atoms with Crippen LogP contribution in [0, 0.1) is 20.8 Å². The van der Waals surface area contributed by atoms with Crippen molar-refractivity contribution in [1.82, 2.24) is 14.4 Å². The van der Waals surface area contributed by atoms with Crippen molar-refractivity contribution < 1.29 is 12.9 Å². The fourth-order valence-corrected chi connectivity index (χ4v) is 5.30. The normalized spacial score (nSPS) is 18.1. The van der Waals surface area contributed by atoms with Crippen LogP contribution in [-0.4, -0.2) is 36.0 Å². The maximum Gasteiger partial charge on any atom is 0.243 e. The number of rotatable bonds is 4. The zero-order chi connectivity index (χ0) is 20.6. The van der Waals surface area contributed by atoms with Gasteiger partial charge < -0.3 is 4.52 Å². The van der Waals surface area contributed by atoms with E-state index in [-0.39, 0.29) is 5.92 Å². The summed E-state index contributed by atoms with van der Waals surface area (Å²) in [6.07, 6.45) is 1.59. The highest BCUT2D eigenvalue weighted by atomic mass is 32.2. The average molecular weight is 412 g/mol. The summed E-state index contributed by atoms with van der Waals surface area (Å²) in [6, 6.07) is 13.2. The van der Waals surface area contributed by atoms with Crippen LogP contribution in [-0.2, 0) is 10.0 Å². The van der Waals surface area contributed by atoms with Gasteiger partial charge in [0.15, 0.2) is 0 Å². The smallest absolute Gasteiger partial charge is 0.243 e. The number of aromatic nitrogens is 2. The summed E-state index contributed by atoms with van der Waals surface area (Å²) in [7, 11) is -3.55. The quantitative estimate of drug-likeness (QED) is 0.642. The van der Waals surface area contributed by atoms with Crippen LogP contribution in [0.5, 0.6) is 0 Å². The largest absolute Gasteiger partial charge is 0.339 e. The van der Waals surface area contributed by atoms with Gasteiger partial charge >= 0.3 is 0 Å². The Balaban J connectivity index is 1.56. The number of hydrogen-bond acceptors (Lipinski definition) is 5. The van der Waals surface area contributed by atoms with E-state index in [1.54, 1.807) is 16.4 Å². The van der Waals surface area contributed by atoms with Crippen molar-refractivity contribution >= 4 is 10.0 Å². The van der Waals surface area contributed by atoms with Gasteiger partial charge in [0.05, 0.1) is 10.8 Å². The van der Waals surface area contributed by atoms with E-state index in [2.05, 4.69) is 10.1 Å². The maximum atomic E-state index is 13.2. The summed E-state index contributed by atoms with van der Waals surface area (Å²) in [4.78, 5) is 4.90. The first-order chi connectivity index (χ1) is 13.8. The highest BCUT2D eigenvalue weighted by Gasteiger charge is 2.33. The van der Waals surface area contributed by atoms with Crippen LogP contribution >= 0.6 is 0 Å². The number of aryl methyl sites for hydroxylation is 3. The Morgan fingerprint density at radius 1 is 1.07 bits per heavy atom. The minimum Gasteiger partial charge on any atom is -0.339 e. The van der Waals surface area contributed by atoms with Gasteiger partial charge in [-0.25, -0.2) is 8.42 Å². The van der Waals surface area contributed by atoms with Crippen LogP contribution in [0.1, 0.15) is 41.3 Å². The summed E-state index contributed by atoms with van der Waals surface area (Å²) >= 11 is 0. The van der Waals surface area contributed by atoms with Crippen molar-refractivity contribution in [2.45, 2.75) is 44.4 Å². The Morgan fingerprint density at radius 2 is 1.90 bits per heavy atom. The molecular weight excluding hydrogens is 386 g/mol. The van der Waals surface area contributed by atoms with Gasteiger partial charge in [-0.1, -0.05) is 35.0 Å². The lowest BCUT2D eigenvalue weighted by molar-refractivity contribution is 0.265. The number of benzene rings is 2. The van der Waals surface area contributed by atoms with Crippen molar-refractivity contribution in [2.75, 3.05) is 13.1 Å². The van der Waals surface area contributed by atoms with Crippen molar-refractivity contribution in [3.63, 3.8) is 0 Å². The van der Waals surface area contributed by atoms with Crippen LogP contribution in [0.15, 0.2) is 51.9 Å².